The Kier molecular flexibility index (Phi) is 5.17. The van der Waals surface area contributed by atoms with Gasteiger partial charge in [0.1, 0.15) is 10.1 Å². The molecule has 0 spiro atoms. The Morgan fingerprint density at radius 3 is 2.60 bits per heavy atom. The molecule has 0 saturated heterocycles. The van der Waals surface area contributed by atoms with Crippen LogP contribution in [0.5, 0.6) is 0 Å². The predicted octanol–water partition coefficient (Wildman–Crippen LogP) is 2.77. The Morgan fingerprint density at radius 2 is 2.10 bits per heavy atom. The molecule has 1 aliphatic rings. The van der Waals surface area contributed by atoms with Gasteiger partial charge in [0.2, 0.25) is 0 Å². The zero-order chi connectivity index (χ0) is 14.7. The fourth-order valence-corrected chi connectivity index (χ4v) is 4.24. The summed E-state index contributed by atoms with van der Waals surface area (Å²) < 4.78 is 10.4. The second kappa shape index (κ2) is 6.69. The molecule has 5 nitrogen and oxygen atoms in total. The van der Waals surface area contributed by atoms with Crippen molar-refractivity contribution < 1.29 is 14.3 Å². The van der Waals surface area contributed by atoms with Crippen LogP contribution in [0.3, 0.4) is 0 Å². The highest BCUT2D eigenvalue weighted by Gasteiger charge is 2.29. The zero-order valence-corrected chi connectivity index (χ0v) is 13.6. The van der Waals surface area contributed by atoms with E-state index in [1.807, 2.05) is 0 Å². The number of hydrogen-bond donors (Lipinski definition) is 0. The quantitative estimate of drug-likeness (QED) is 0.782. The van der Waals surface area contributed by atoms with Gasteiger partial charge in [-0.25, -0.2) is 9.78 Å². The van der Waals surface area contributed by atoms with Gasteiger partial charge in [-0.15, -0.1) is 23.1 Å². The Morgan fingerprint density at radius 1 is 1.35 bits per heavy atom. The number of thiazole rings is 1. The van der Waals surface area contributed by atoms with Crippen molar-refractivity contribution >= 4 is 34.1 Å². The molecule has 1 unspecified atom stereocenters. The molecule has 0 amide bonds. The van der Waals surface area contributed by atoms with Gasteiger partial charge in [-0.2, -0.15) is 0 Å². The van der Waals surface area contributed by atoms with E-state index < -0.39 is 5.97 Å². The average molecular weight is 314 g/mol. The first-order valence-corrected chi connectivity index (χ1v) is 8.18. The molecule has 1 aliphatic heterocycles. The van der Waals surface area contributed by atoms with Crippen molar-refractivity contribution in [2.45, 2.75) is 20.0 Å². The molecule has 1 atom stereocenters. The van der Waals surface area contributed by atoms with Crippen LogP contribution in [-0.4, -0.2) is 42.5 Å². The molecule has 0 N–H and O–H groups in total. The van der Waals surface area contributed by atoms with Crippen LogP contribution in [0.25, 0.3) is 0 Å². The van der Waals surface area contributed by atoms with E-state index in [1.54, 1.807) is 18.9 Å². The van der Waals surface area contributed by atoms with E-state index in [0.29, 0.717) is 5.69 Å². The van der Waals surface area contributed by atoms with Gasteiger partial charge in [0, 0.05) is 19.4 Å². The Labute approximate surface area is 126 Å². The summed E-state index contributed by atoms with van der Waals surface area (Å²) in [6.45, 7) is 4.91. The minimum absolute atomic E-state index is 0.164. The zero-order valence-electron chi connectivity index (χ0n) is 12.0. The first-order chi connectivity index (χ1) is 9.58. The topological polar surface area (TPSA) is 60.8 Å². The van der Waals surface area contributed by atoms with E-state index in [9.17, 15) is 4.79 Å². The third kappa shape index (κ3) is 3.05. The molecule has 2 heterocycles. The number of esters is 1. The van der Waals surface area contributed by atoms with Gasteiger partial charge in [0.05, 0.1) is 18.1 Å². The van der Waals surface area contributed by atoms with Gasteiger partial charge in [0.25, 0.3) is 0 Å². The number of aliphatic imine (C=N–C) groups is 1. The van der Waals surface area contributed by atoms with Crippen LogP contribution in [0.1, 0.15) is 40.3 Å². The van der Waals surface area contributed by atoms with E-state index in [-0.39, 0.29) is 12.0 Å². The lowest BCUT2D eigenvalue weighted by molar-refractivity contribution is 0.0541. The van der Waals surface area contributed by atoms with Crippen molar-refractivity contribution in [2.24, 2.45) is 10.9 Å². The fraction of sp³-hybridized carbons (Fsp3) is 0.615. The van der Waals surface area contributed by atoms with E-state index in [4.69, 9.17) is 9.47 Å². The van der Waals surface area contributed by atoms with Gasteiger partial charge in [0.15, 0.2) is 5.69 Å². The molecule has 7 heteroatoms. The summed E-state index contributed by atoms with van der Waals surface area (Å²) in [5.41, 5.74) is 0.350. The van der Waals surface area contributed by atoms with Gasteiger partial charge in [-0.3, -0.25) is 4.99 Å². The van der Waals surface area contributed by atoms with Crippen molar-refractivity contribution in [3.8, 4) is 0 Å². The lowest BCUT2D eigenvalue weighted by Gasteiger charge is -2.18. The van der Waals surface area contributed by atoms with Crippen molar-refractivity contribution in [2.75, 3.05) is 26.5 Å². The van der Waals surface area contributed by atoms with Crippen molar-refractivity contribution in [3.63, 3.8) is 0 Å². The summed E-state index contributed by atoms with van der Waals surface area (Å²) in [5, 5.41) is 1.69. The second-order valence-electron chi connectivity index (χ2n) is 4.66. The maximum atomic E-state index is 11.9. The lowest BCUT2D eigenvalue weighted by Crippen LogP contribution is -2.13. The lowest BCUT2D eigenvalue weighted by atomic mass is 10.0. The number of hydrogen-bond acceptors (Lipinski definition) is 7. The largest absolute Gasteiger partial charge is 0.464 e. The third-order valence-corrected chi connectivity index (χ3v) is 5.15. The summed E-state index contributed by atoms with van der Waals surface area (Å²) in [4.78, 5) is 21.6. The number of carbonyl (C=O) groups excluding carboxylic acids is 1. The number of thioether (sulfide) groups is 1. The molecule has 110 valence electrons. The molecule has 0 radical (unpaired) electrons. The minimum Gasteiger partial charge on any atom is -0.464 e. The molecule has 1 aromatic rings. The normalized spacial score (nSPS) is 16.4. The molecule has 0 bridgehead atoms. The van der Waals surface area contributed by atoms with Gasteiger partial charge in [-0.05, 0) is 5.92 Å². The molecular weight excluding hydrogens is 296 g/mol. The Bertz CT molecular complexity index is 526. The summed E-state index contributed by atoms with van der Waals surface area (Å²) >= 11 is 3.14. The number of rotatable bonds is 5. The van der Waals surface area contributed by atoms with Gasteiger partial charge in [-0.1, -0.05) is 13.8 Å². The van der Waals surface area contributed by atoms with Crippen LogP contribution in [0.4, 0.5) is 0 Å². The molecule has 20 heavy (non-hydrogen) atoms. The Balaban J connectivity index is 2.44. The predicted molar refractivity (Wildman–Crippen MR) is 81.9 cm³/mol. The maximum absolute atomic E-state index is 11.9. The van der Waals surface area contributed by atoms with Crippen LogP contribution < -0.4 is 0 Å². The van der Waals surface area contributed by atoms with Crippen LogP contribution in [0, 0.1) is 5.92 Å². The number of nitrogens with zero attached hydrogens (tertiary/aromatic N) is 2. The molecule has 2 rings (SSSR count). The van der Waals surface area contributed by atoms with Crippen LogP contribution in [0.15, 0.2) is 4.99 Å². The van der Waals surface area contributed by atoms with E-state index in [0.717, 1.165) is 27.2 Å². The van der Waals surface area contributed by atoms with E-state index in [1.165, 1.54) is 18.4 Å². The van der Waals surface area contributed by atoms with Crippen molar-refractivity contribution in [1.82, 2.24) is 4.98 Å². The molecule has 0 aromatic carbocycles. The maximum Gasteiger partial charge on any atom is 0.357 e. The van der Waals surface area contributed by atoms with E-state index >= 15 is 0 Å². The molecule has 0 saturated carbocycles. The van der Waals surface area contributed by atoms with Crippen LogP contribution in [-0.2, 0) is 9.47 Å². The fourth-order valence-electron chi connectivity index (χ4n) is 2.01. The highest BCUT2D eigenvalue weighted by atomic mass is 32.2. The first kappa shape index (κ1) is 15.5. The summed E-state index contributed by atoms with van der Waals surface area (Å²) in [5.74, 6) is 0.791. The SMILES string of the molecule is COC(=O)c1nc(C2=NCCS2)sc1C(OC)C(C)C. The third-order valence-electron chi connectivity index (χ3n) is 2.92. The van der Waals surface area contributed by atoms with Gasteiger partial charge < -0.3 is 9.47 Å². The summed E-state index contributed by atoms with van der Waals surface area (Å²) in [6, 6.07) is 0. The summed E-state index contributed by atoms with van der Waals surface area (Å²) in [7, 11) is 3.01. The van der Waals surface area contributed by atoms with Gasteiger partial charge >= 0.3 is 5.97 Å². The van der Waals surface area contributed by atoms with E-state index in [2.05, 4.69) is 23.8 Å². The van der Waals surface area contributed by atoms with Crippen LogP contribution >= 0.6 is 23.1 Å². The summed E-state index contributed by atoms with van der Waals surface area (Å²) in [6.07, 6.45) is -0.164. The minimum atomic E-state index is -0.422. The smallest absolute Gasteiger partial charge is 0.357 e. The number of carbonyl (C=O) groups is 1. The number of methoxy groups -OCH3 is 2. The average Bonchev–Trinajstić information content (AvgIpc) is 3.07. The van der Waals surface area contributed by atoms with Crippen LogP contribution in [0.2, 0.25) is 0 Å². The first-order valence-electron chi connectivity index (χ1n) is 6.38. The standard InChI is InChI=1S/C13H18N2O3S2/c1-7(2)9(17-3)10-8(13(16)18-4)15-12(20-10)11-14-5-6-19-11/h7,9H,5-6H2,1-4H3. The van der Waals surface area contributed by atoms with Crippen molar-refractivity contribution in [1.29, 1.82) is 0 Å². The highest BCUT2D eigenvalue weighted by molar-refractivity contribution is 8.14. The molecule has 0 aliphatic carbocycles. The number of ether oxygens (including phenoxy) is 2. The molecule has 1 aromatic heterocycles. The van der Waals surface area contributed by atoms with Crippen molar-refractivity contribution in [3.05, 3.63) is 15.6 Å². The number of aromatic nitrogens is 1. The highest BCUT2D eigenvalue weighted by Crippen LogP contribution is 2.35. The monoisotopic (exact) mass is 314 g/mol. The second-order valence-corrected chi connectivity index (χ2v) is 6.77. The molecular formula is C13H18N2O3S2. The Hall–Kier alpha value is -0.920. The molecule has 0 fully saturated rings.